The van der Waals surface area contributed by atoms with Crippen LogP contribution in [0, 0.1) is 17.2 Å². The maximum Gasteiger partial charge on any atom is 0.242 e. The van der Waals surface area contributed by atoms with Crippen molar-refractivity contribution in [1.29, 1.82) is 5.26 Å². The van der Waals surface area contributed by atoms with E-state index < -0.39 is 10.0 Å². The van der Waals surface area contributed by atoms with Gasteiger partial charge in [-0.2, -0.15) is 9.57 Å². The van der Waals surface area contributed by atoms with E-state index in [4.69, 9.17) is 11.0 Å². The van der Waals surface area contributed by atoms with Gasteiger partial charge in [0.1, 0.15) is 0 Å². The largest absolute Gasteiger partial charge is 0.324 e. The number of sulfonamides is 1. The molecule has 110 valence electrons. The number of nitrogens with zero attached hydrogens (tertiary/aromatic N) is 2. The Morgan fingerprint density at radius 2 is 2.10 bits per heavy atom. The molecule has 0 fully saturated rings. The van der Waals surface area contributed by atoms with Crippen LogP contribution in [-0.2, 0) is 10.0 Å². The van der Waals surface area contributed by atoms with Crippen molar-refractivity contribution < 1.29 is 8.42 Å². The molecule has 0 saturated carbocycles. The van der Waals surface area contributed by atoms with E-state index in [0.717, 1.165) is 12.0 Å². The fourth-order valence-electron chi connectivity index (χ4n) is 1.85. The topological polar surface area (TPSA) is 87.2 Å². The number of rotatable bonds is 6. The Labute approximate surface area is 121 Å². The number of benzene rings is 1. The second-order valence-electron chi connectivity index (χ2n) is 4.90. The summed E-state index contributed by atoms with van der Waals surface area (Å²) < 4.78 is 26.1. The highest BCUT2D eigenvalue weighted by Crippen LogP contribution is 2.21. The molecule has 0 aliphatic rings. The van der Waals surface area contributed by atoms with Crippen molar-refractivity contribution in [3.05, 3.63) is 29.8 Å². The van der Waals surface area contributed by atoms with Gasteiger partial charge >= 0.3 is 0 Å². The first-order valence-electron chi connectivity index (χ1n) is 6.54. The molecule has 0 saturated heterocycles. The van der Waals surface area contributed by atoms with Crippen molar-refractivity contribution in [3.63, 3.8) is 0 Å². The highest BCUT2D eigenvalue weighted by molar-refractivity contribution is 7.89. The van der Waals surface area contributed by atoms with E-state index in [1.165, 1.54) is 11.4 Å². The van der Waals surface area contributed by atoms with Crippen LogP contribution < -0.4 is 5.73 Å². The molecular weight excluding hydrogens is 274 g/mol. The van der Waals surface area contributed by atoms with Crippen molar-refractivity contribution in [2.75, 3.05) is 13.6 Å². The molecule has 20 heavy (non-hydrogen) atoms. The van der Waals surface area contributed by atoms with Gasteiger partial charge in [0.15, 0.2) is 0 Å². The summed E-state index contributed by atoms with van der Waals surface area (Å²) in [4.78, 5) is 0.214. The van der Waals surface area contributed by atoms with Gasteiger partial charge in [-0.25, -0.2) is 8.42 Å². The summed E-state index contributed by atoms with van der Waals surface area (Å²) in [6, 6.07) is 8.54. The predicted octanol–water partition coefficient (Wildman–Crippen LogP) is 1.88. The lowest BCUT2D eigenvalue weighted by molar-refractivity contribution is 0.439. The number of nitrogens with two attached hydrogens (primary N) is 1. The van der Waals surface area contributed by atoms with Gasteiger partial charge in [-0.3, -0.25) is 0 Å². The van der Waals surface area contributed by atoms with Crippen molar-refractivity contribution in [1.82, 2.24) is 4.31 Å². The first-order chi connectivity index (χ1) is 9.32. The SMILES string of the molecule is CCC(N)c1cccc(S(=O)(=O)N(C)CC(C)C#N)c1. The number of hydrogen-bond acceptors (Lipinski definition) is 4. The van der Waals surface area contributed by atoms with Gasteiger partial charge in [0.05, 0.1) is 16.9 Å². The van der Waals surface area contributed by atoms with Crippen LogP contribution in [-0.4, -0.2) is 26.3 Å². The van der Waals surface area contributed by atoms with E-state index in [0.29, 0.717) is 0 Å². The summed E-state index contributed by atoms with van der Waals surface area (Å²) in [5.41, 5.74) is 6.73. The van der Waals surface area contributed by atoms with Gasteiger partial charge in [-0.05, 0) is 31.0 Å². The standard InChI is InChI=1S/C14H21N3O2S/c1-4-14(16)12-6-5-7-13(8-12)20(18,19)17(3)10-11(2)9-15/h5-8,11,14H,4,10,16H2,1-3H3. The van der Waals surface area contributed by atoms with E-state index in [1.807, 2.05) is 19.1 Å². The monoisotopic (exact) mass is 295 g/mol. The molecule has 5 nitrogen and oxygen atoms in total. The molecule has 2 unspecified atom stereocenters. The lowest BCUT2D eigenvalue weighted by Crippen LogP contribution is -2.31. The van der Waals surface area contributed by atoms with E-state index >= 15 is 0 Å². The first kappa shape index (κ1) is 16.6. The smallest absolute Gasteiger partial charge is 0.242 e. The molecule has 0 amide bonds. The summed E-state index contributed by atoms with van der Waals surface area (Å²) in [6.45, 7) is 3.81. The van der Waals surface area contributed by atoms with Gasteiger partial charge in [-0.1, -0.05) is 19.1 Å². The molecule has 0 aromatic heterocycles. The number of nitriles is 1. The summed E-state index contributed by atoms with van der Waals surface area (Å²) in [5.74, 6) is -0.351. The first-order valence-corrected chi connectivity index (χ1v) is 7.98. The normalized spacial score (nSPS) is 14.8. The second-order valence-corrected chi connectivity index (χ2v) is 6.95. The molecule has 0 aliphatic carbocycles. The van der Waals surface area contributed by atoms with Crippen LogP contribution in [0.5, 0.6) is 0 Å². The molecule has 0 bridgehead atoms. The summed E-state index contributed by atoms with van der Waals surface area (Å²) in [7, 11) is -2.10. The predicted molar refractivity (Wildman–Crippen MR) is 78.3 cm³/mol. The third-order valence-electron chi connectivity index (χ3n) is 3.19. The van der Waals surface area contributed by atoms with Crippen LogP contribution in [0.1, 0.15) is 31.9 Å². The fraction of sp³-hybridized carbons (Fsp3) is 0.500. The van der Waals surface area contributed by atoms with E-state index in [1.54, 1.807) is 25.1 Å². The zero-order valence-corrected chi connectivity index (χ0v) is 12.9. The molecule has 2 atom stereocenters. The molecule has 2 N–H and O–H groups in total. The summed E-state index contributed by atoms with van der Waals surface area (Å²) in [6.07, 6.45) is 0.741. The van der Waals surface area contributed by atoms with Crippen LogP contribution in [0.4, 0.5) is 0 Å². The van der Waals surface area contributed by atoms with Crippen molar-refractivity contribution in [2.24, 2.45) is 11.7 Å². The molecule has 1 rings (SSSR count). The molecule has 6 heteroatoms. The van der Waals surface area contributed by atoms with Crippen LogP contribution >= 0.6 is 0 Å². The lowest BCUT2D eigenvalue weighted by atomic mass is 10.1. The van der Waals surface area contributed by atoms with Gasteiger partial charge < -0.3 is 5.73 Å². The zero-order chi connectivity index (χ0) is 15.3. The van der Waals surface area contributed by atoms with Crippen molar-refractivity contribution >= 4 is 10.0 Å². The van der Waals surface area contributed by atoms with Crippen LogP contribution in [0.2, 0.25) is 0 Å². The molecule has 1 aromatic rings. The molecule has 0 heterocycles. The minimum absolute atomic E-state index is 0.170. The Balaban J connectivity index is 3.07. The highest BCUT2D eigenvalue weighted by atomic mass is 32.2. The summed E-state index contributed by atoms with van der Waals surface area (Å²) in [5, 5.41) is 8.78. The fourth-order valence-corrected chi connectivity index (χ4v) is 3.16. The van der Waals surface area contributed by atoms with Gasteiger partial charge in [-0.15, -0.1) is 0 Å². The van der Waals surface area contributed by atoms with Crippen LogP contribution in [0.3, 0.4) is 0 Å². The Morgan fingerprint density at radius 1 is 1.45 bits per heavy atom. The van der Waals surface area contributed by atoms with Crippen molar-refractivity contribution in [3.8, 4) is 6.07 Å². The maximum atomic E-state index is 12.4. The van der Waals surface area contributed by atoms with Gasteiger partial charge in [0, 0.05) is 19.6 Å². The third kappa shape index (κ3) is 3.79. The highest BCUT2D eigenvalue weighted by Gasteiger charge is 2.23. The minimum Gasteiger partial charge on any atom is -0.324 e. The van der Waals surface area contributed by atoms with Gasteiger partial charge in [0.25, 0.3) is 0 Å². The minimum atomic E-state index is -3.58. The summed E-state index contributed by atoms with van der Waals surface area (Å²) >= 11 is 0. The van der Waals surface area contributed by atoms with E-state index in [9.17, 15) is 8.42 Å². The van der Waals surface area contributed by atoms with Gasteiger partial charge in [0.2, 0.25) is 10.0 Å². The lowest BCUT2D eigenvalue weighted by Gasteiger charge is -2.19. The Hall–Kier alpha value is -1.42. The number of hydrogen-bond donors (Lipinski definition) is 1. The van der Waals surface area contributed by atoms with E-state index in [2.05, 4.69) is 0 Å². The van der Waals surface area contributed by atoms with Crippen LogP contribution in [0.25, 0.3) is 0 Å². The third-order valence-corrected chi connectivity index (χ3v) is 5.00. The Bertz CT molecular complexity index is 593. The Morgan fingerprint density at radius 3 is 2.65 bits per heavy atom. The zero-order valence-electron chi connectivity index (χ0n) is 12.1. The molecule has 0 spiro atoms. The molecular formula is C14H21N3O2S. The molecule has 0 radical (unpaired) electrons. The van der Waals surface area contributed by atoms with Crippen LogP contribution in [0.15, 0.2) is 29.2 Å². The molecule has 1 aromatic carbocycles. The average molecular weight is 295 g/mol. The van der Waals surface area contributed by atoms with Crippen molar-refractivity contribution in [2.45, 2.75) is 31.2 Å². The van der Waals surface area contributed by atoms with E-state index in [-0.39, 0.29) is 23.4 Å². The molecule has 0 aliphatic heterocycles. The Kier molecular flexibility index (Phi) is 5.69. The quantitative estimate of drug-likeness (QED) is 0.868. The second kappa shape index (κ2) is 6.84. The maximum absolute atomic E-state index is 12.4. The average Bonchev–Trinajstić information content (AvgIpc) is 2.46.